The molecule has 4 rings (SSSR count). The molecule has 1 aromatic heterocycles. The van der Waals surface area contributed by atoms with Gasteiger partial charge in [-0.1, -0.05) is 18.2 Å². The van der Waals surface area contributed by atoms with Gasteiger partial charge in [0.25, 0.3) is 11.8 Å². The summed E-state index contributed by atoms with van der Waals surface area (Å²) >= 11 is 0. The highest BCUT2D eigenvalue weighted by molar-refractivity contribution is 6.09. The first kappa shape index (κ1) is 22.8. The van der Waals surface area contributed by atoms with E-state index in [1.165, 1.54) is 31.4 Å². The summed E-state index contributed by atoms with van der Waals surface area (Å²) in [6.07, 6.45) is -3.08. The topological polar surface area (TPSA) is 80.3 Å². The molecule has 0 aliphatic carbocycles. The quantitative estimate of drug-likeness (QED) is 0.399. The predicted molar refractivity (Wildman–Crippen MR) is 121 cm³/mol. The molecule has 34 heavy (non-hydrogen) atoms. The molecule has 0 saturated carbocycles. The minimum atomic E-state index is -4.54. The van der Waals surface area contributed by atoms with Gasteiger partial charge < -0.3 is 15.4 Å². The normalized spacial score (nSPS) is 11.2. The van der Waals surface area contributed by atoms with E-state index >= 15 is 0 Å². The molecule has 0 bridgehead atoms. The third kappa shape index (κ3) is 4.98. The summed E-state index contributed by atoms with van der Waals surface area (Å²) in [4.78, 5) is 28.4. The van der Waals surface area contributed by atoms with Crippen LogP contribution in [0, 0.1) is 0 Å². The van der Waals surface area contributed by atoms with Crippen LogP contribution in [0.3, 0.4) is 0 Å². The van der Waals surface area contributed by atoms with E-state index in [0.29, 0.717) is 22.6 Å². The van der Waals surface area contributed by atoms with Gasteiger partial charge in [-0.05, 0) is 53.9 Å². The lowest BCUT2D eigenvalue weighted by atomic mass is 10.1. The van der Waals surface area contributed by atoms with Gasteiger partial charge in [0.15, 0.2) is 0 Å². The van der Waals surface area contributed by atoms with Crippen LogP contribution < -0.4 is 15.4 Å². The zero-order valence-electron chi connectivity index (χ0n) is 17.8. The van der Waals surface area contributed by atoms with Crippen molar-refractivity contribution >= 4 is 28.3 Å². The molecule has 0 spiro atoms. The second kappa shape index (κ2) is 9.22. The molecule has 3 aromatic carbocycles. The fraction of sp³-hybridized carbons (Fsp3) is 0.0800. The van der Waals surface area contributed by atoms with Crippen molar-refractivity contribution in [3.8, 4) is 11.5 Å². The summed E-state index contributed by atoms with van der Waals surface area (Å²) in [5.74, 6) is -0.0903. The zero-order valence-corrected chi connectivity index (χ0v) is 17.8. The van der Waals surface area contributed by atoms with Crippen molar-refractivity contribution in [3.63, 3.8) is 0 Å². The fourth-order valence-corrected chi connectivity index (χ4v) is 3.33. The van der Waals surface area contributed by atoms with Gasteiger partial charge in [-0.25, -0.2) is 0 Å². The molecule has 0 unspecified atom stereocenters. The van der Waals surface area contributed by atoms with Crippen LogP contribution in [0.4, 0.5) is 18.9 Å². The van der Waals surface area contributed by atoms with E-state index in [9.17, 15) is 22.8 Å². The molecule has 172 valence electrons. The number of amides is 2. The molecule has 0 saturated heterocycles. The number of hydrogen-bond acceptors (Lipinski definition) is 4. The number of alkyl halides is 3. The molecule has 0 radical (unpaired) electrons. The van der Waals surface area contributed by atoms with Gasteiger partial charge in [0.05, 0.1) is 5.56 Å². The van der Waals surface area contributed by atoms with E-state index in [2.05, 4.69) is 15.6 Å². The minimum Gasteiger partial charge on any atom is -0.457 e. The fourth-order valence-electron chi connectivity index (χ4n) is 3.33. The van der Waals surface area contributed by atoms with Crippen LogP contribution in [0.1, 0.15) is 26.4 Å². The number of ether oxygens (including phenoxy) is 1. The van der Waals surface area contributed by atoms with Crippen molar-refractivity contribution in [1.29, 1.82) is 0 Å². The van der Waals surface area contributed by atoms with Crippen molar-refractivity contribution < 1.29 is 27.5 Å². The van der Waals surface area contributed by atoms with E-state index in [-0.39, 0.29) is 17.2 Å². The number of anilines is 1. The maximum atomic E-state index is 13.0. The van der Waals surface area contributed by atoms with Crippen LogP contribution >= 0.6 is 0 Å². The van der Waals surface area contributed by atoms with Crippen LogP contribution in [0.5, 0.6) is 11.5 Å². The van der Waals surface area contributed by atoms with Gasteiger partial charge in [-0.3, -0.25) is 14.6 Å². The Morgan fingerprint density at radius 3 is 2.41 bits per heavy atom. The Kier molecular flexibility index (Phi) is 6.18. The average molecular weight is 465 g/mol. The average Bonchev–Trinajstić information content (AvgIpc) is 2.83. The number of pyridine rings is 1. The highest BCUT2D eigenvalue weighted by Gasteiger charge is 2.30. The molecule has 0 aliphatic rings. The van der Waals surface area contributed by atoms with Gasteiger partial charge in [0.1, 0.15) is 17.2 Å². The SMILES string of the molecule is CNC(=O)c1cc(Oc2ccc3c(NC(=O)c4cccc(C(F)(F)F)c4)cccc3c2)ccn1. The highest BCUT2D eigenvalue weighted by atomic mass is 19.4. The number of rotatable bonds is 5. The Hall–Kier alpha value is -4.40. The van der Waals surface area contributed by atoms with Crippen LogP contribution in [-0.2, 0) is 6.18 Å². The smallest absolute Gasteiger partial charge is 0.416 e. The third-order valence-electron chi connectivity index (χ3n) is 4.98. The Morgan fingerprint density at radius 1 is 0.882 bits per heavy atom. The first-order chi connectivity index (χ1) is 16.2. The van der Waals surface area contributed by atoms with Gasteiger partial charge in [0, 0.05) is 35.9 Å². The number of fused-ring (bicyclic) bond motifs is 1. The van der Waals surface area contributed by atoms with Gasteiger partial charge >= 0.3 is 6.18 Å². The first-order valence-electron chi connectivity index (χ1n) is 10.1. The van der Waals surface area contributed by atoms with E-state index < -0.39 is 17.6 Å². The summed E-state index contributed by atoms with van der Waals surface area (Å²) < 4.78 is 44.8. The highest BCUT2D eigenvalue weighted by Crippen LogP contribution is 2.31. The molecule has 1 heterocycles. The number of carbonyl (C=O) groups is 2. The van der Waals surface area contributed by atoms with E-state index in [4.69, 9.17) is 4.74 Å². The van der Waals surface area contributed by atoms with Gasteiger partial charge in [-0.15, -0.1) is 0 Å². The van der Waals surface area contributed by atoms with E-state index in [0.717, 1.165) is 17.5 Å². The summed E-state index contributed by atoms with van der Waals surface area (Å²) in [5, 5.41) is 6.58. The van der Waals surface area contributed by atoms with Gasteiger partial charge in [-0.2, -0.15) is 13.2 Å². The molecular weight excluding hydrogens is 447 g/mol. The number of nitrogens with one attached hydrogen (secondary N) is 2. The van der Waals surface area contributed by atoms with Crippen molar-refractivity contribution in [2.24, 2.45) is 0 Å². The lowest BCUT2D eigenvalue weighted by molar-refractivity contribution is -0.137. The lowest BCUT2D eigenvalue weighted by Gasteiger charge is -2.12. The molecule has 6 nitrogen and oxygen atoms in total. The van der Waals surface area contributed by atoms with Crippen LogP contribution in [0.15, 0.2) is 79.0 Å². The molecule has 9 heteroatoms. The Labute approximate surface area is 192 Å². The molecule has 0 aliphatic heterocycles. The van der Waals surface area contributed by atoms with Crippen LogP contribution in [0.25, 0.3) is 10.8 Å². The Balaban J connectivity index is 1.57. The minimum absolute atomic E-state index is 0.101. The van der Waals surface area contributed by atoms with Crippen LogP contribution in [0.2, 0.25) is 0 Å². The number of aromatic nitrogens is 1. The van der Waals surface area contributed by atoms with Crippen LogP contribution in [-0.4, -0.2) is 23.8 Å². The summed E-state index contributed by atoms with van der Waals surface area (Å²) in [7, 11) is 1.50. The second-order valence-electron chi connectivity index (χ2n) is 7.28. The number of benzene rings is 3. The van der Waals surface area contributed by atoms with Crippen molar-refractivity contribution in [1.82, 2.24) is 10.3 Å². The van der Waals surface area contributed by atoms with Gasteiger partial charge in [0.2, 0.25) is 0 Å². The number of carbonyl (C=O) groups excluding carboxylic acids is 2. The third-order valence-corrected chi connectivity index (χ3v) is 4.98. The standard InChI is InChI=1S/C25H18F3N3O3/c1-29-24(33)22-14-19(10-11-30-22)34-18-8-9-20-15(13-18)4-3-7-21(20)31-23(32)16-5-2-6-17(12-16)25(26,27)28/h2-14H,1H3,(H,29,33)(H,31,32). The van der Waals surface area contributed by atoms with Crippen molar-refractivity contribution in [2.45, 2.75) is 6.18 Å². The molecule has 2 N–H and O–H groups in total. The maximum Gasteiger partial charge on any atom is 0.416 e. The Morgan fingerprint density at radius 2 is 1.65 bits per heavy atom. The predicted octanol–water partition coefficient (Wildman–Crippen LogP) is 5.66. The maximum absolute atomic E-state index is 13.0. The molecule has 2 amide bonds. The van der Waals surface area contributed by atoms with Crippen molar-refractivity contribution in [2.75, 3.05) is 12.4 Å². The molecule has 0 fully saturated rings. The molecular formula is C25H18F3N3O3. The molecule has 4 aromatic rings. The Bertz CT molecular complexity index is 1390. The largest absolute Gasteiger partial charge is 0.457 e. The summed E-state index contributed by atoms with van der Waals surface area (Å²) in [6.45, 7) is 0. The summed E-state index contributed by atoms with van der Waals surface area (Å²) in [5.41, 5.74) is -0.343. The summed E-state index contributed by atoms with van der Waals surface area (Å²) in [6, 6.07) is 17.7. The van der Waals surface area contributed by atoms with Crippen molar-refractivity contribution in [3.05, 3.63) is 95.8 Å². The van der Waals surface area contributed by atoms with E-state index in [1.807, 2.05) is 6.07 Å². The second-order valence-corrected chi connectivity index (χ2v) is 7.28. The lowest BCUT2D eigenvalue weighted by Crippen LogP contribution is -2.18. The number of halogens is 3. The zero-order chi connectivity index (χ0) is 24.3. The van der Waals surface area contributed by atoms with E-state index in [1.54, 1.807) is 36.4 Å². The first-order valence-corrected chi connectivity index (χ1v) is 10.1. The monoisotopic (exact) mass is 465 g/mol. The number of nitrogens with zero attached hydrogens (tertiary/aromatic N) is 1. The molecule has 0 atom stereocenters. The number of hydrogen-bond donors (Lipinski definition) is 2.